The van der Waals surface area contributed by atoms with E-state index in [1.165, 1.54) is 11.4 Å². The van der Waals surface area contributed by atoms with Crippen molar-refractivity contribution in [3.05, 3.63) is 89.8 Å². The topological polar surface area (TPSA) is 32.3 Å². The van der Waals surface area contributed by atoms with Crippen LogP contribution in [0.15, 0.2) is 67.0 Å². The van der Waals surface area contributed by atoms with Gasteiger partial charge in [-0.15, -0.1) is 0 Å². The lowest BCUT2D eigenvalue weighted by molar-refractivity contribution is 0.305. The van der Waals surface area contributed by atoms with E-state index in [9.17, 15) is 4.39 Å². The van der Waals surface area contributed by atoms with Gasteiger partial charge in [0.25, 0.3) is 0 Å². The first-order valence-electron chi connectivity index (χ1n) is 9.79. The summed E-state index contributed by atoms with van der Waals surface area (Å²) in [6, 6.07) is 17.1. The summed E-state index contributed by atoms with van der Waals surface area (Å²) in [5.74, 6) is -0.180. The average molecular weight is 374 g/mol. The molecule has 1 aromatic carbocycles. The molecule has 5 heteroatoms. The fourth-order valence-corrected chi connectivity index (χ4v) is 4.68. The number of benzene rings is 1. The quantitative estimate of drug-likeness (QED) is 0.696. The molecule has 5 rings (SSSR count). The second kappa shape index (κ2) is 6.99. The van der Waals surface area contributed by atoms with E-state index in [1.807, 2.05) is 42.7 Å². The van der Waals surface area contributed by atoms with Crippen molar-refractivity contribution in [2.75, 3.05) is 24.5 Å². The standard InChI is InChI=1S/C23H23FN4/c24-19-8-6-18(7-9-19)14-27-13-10-23(16-27)17-28(15-20-4-1-2-11-25-20)21-5-3-12-26-22(21)23/h1-9,11-12H,10,13-17H2. The predicted octanol–water partition coefficient (Wildman–Crippen LogP) is 3.78. The van der Waals surface area contributed by atoms with Crippen LogP contribution in [0.5, 0.6) is 0 Å². The molecule has 3 aromatic rings. The third kappa shape index (κ3) is 3.16. The van der Waals surface area contributed by atoms with Crippen LogP contribution < -0.4 is 4.90 Å². The molecule has 2 aliphatic heterocycles. The number of halogens is 1. The first kappa shape index (κ1) is 17.3. The van der Waals surface area contributed by atoms with Crippen molar-refractivity contribution in [3.63, 3.8) is 0 Å². The van der Waals surface area contributed by atoms with Gasteiger partial charge < -0.3 is 4.90 Å². The first-order valence-corrected chi connectivity index (χ1v) is 9.79. The van der Waals surface area contributed by atoms with Crippen molar-refractivity contribution in [1.82, 2.24) is 14.9 Å². The summed E-state index contributed by atoms with van der Waals surface area (Å²) >= 11 is 0. The summed E-state index contributed by atoms with van der Waals surface area (Å²) in [7, 11) is 0. The molecule has 1 atom stereocenters. The molecule has 0 N–H and O–H groups in total. The SMILES string of the molecule is Fc1ccc(CN2CCC3(C2)CN(Cc2ccccn2)c2cccnc23)cc1. The minimum Gasteiger partial charge on any atom is -0.363 e. The molecule has 0 saturated carbocycles. The summed E-state index contributed by atoms with van der Waals surface area (Å²) in [6.45, 7) is 4.64. The lowest BCUT2D eigenvalue weighted by atomic mass is 9.85. The van der Waals surface area contributed by atoms with Gasteiger partial charge in [-0.05, 0) is 54.9 Å². The van der Waals surface area contributed by atoms with E-state index >= 15 is 0 Å². The third-order valence-corrected chi connectivity index (χ3v) is 5.95. The number of anilines is 1. The minimum absolute atomic E-state index is 0.0609. The van der Waals surface area contributed by atoms with E-state index < -0.39 is 0 Å². The molecule has 2 aromatic heterocycles. The lowest BCUT2D eigenvalue weighted by Crippen LogP contribution is -2.36. The Kier molecular flexibility index (Phi) is 4.32. The monoisotopic (exact) mass is 374 g/mol. The van der Waals surface area contributed by atoms with Gasteiger partial charge in [0.15, 0.2) is 0 Å². The number of rotatable bonds is 4. The smallest absolute Gasteiger partial charge is 0.123 e. The van der Waals surface area contributed by atoms with E-state index in [4.69, 9.17) is 4.98 Å². The zero-order valence-corrected chi connectivity index (χ0v) is 15.8. The molecule has 1 saturated heterocycles. The van der Waals surface area contributed by atoms with E-state index in [1.54, 1.807) is 12.1 Å². The first-order chi connectivity index (χ1) is 13.7. The molecule has 1 unspecified atom stereocenters. The van der Waals surface area contributed by atoms with Crippen LogP contribution in [0.3, 0.4) is 0 Å². The number of hydrogen-bond acceptors (Lipinski definition) is 4. The molecule has 142 valence electrons. The number of likely N-dealkylation sites (tertiary alicyclic amines) is 1. The Morgan fingerprint density at radius 3 is 2.57 bits per heavy atom. The molecule has 2 aliphatic rings. The largest absolute Gasteiger partial charge is 0.363 e. The van der Waals surface area contributed by atoms with Crippen LogP contribution in [-0.2, 0) is 18.5 Å². The van der Waals surface area contributed by atoms with E-state index in [2.05, 4.69) is 26.9 Å². The Labute approximate surface area is 164 Å². The van der Waals surface area contributed by atoms with Crippen LogP contribution in [-0.4, -0.2) is 34.5 Å². The van der Waals surface area contributed by atoms with Gasteiger partial charge in [0.1, 0.15) is 5.82 Å². The normalized spacial score (nSPS) is 21.4. The Hall–Kier alpha value is -2.79. The summed E-state index contributed by atoms with van der Waals surface area (Å²) < 4.78 is 13.2. The van der Waals surface area contributed by atoms with Crippen LogP contribution in [0.25, 0.3) is 0 Å². The van der Waals surface area contributed by atoms with Gasteiger partial charge in [0.05, 0.1) is 23.6 Å². The fraction of sp³-hybridized carbons (Fsp3) is 0.304. The molecular formula is C23H23FN4. The van der Waals surface area contributed by atoms with Gasteiger partial charge in [-0.3, -0.25) is 14.9 Å². The van der Waals surface area contributed by atoms with Gasteiger partial charge in [0, 0.05) is 37.4 Å². The highest BCUT2D eigenvalue weighted by Crippen LogP contribution is 2.45. The van der Waals surface area contributed by atoms with Crippen molar-refractivity contribution in [1.29, 1.82) is 0 Å². The molecule has 4 nitrogen and oxygen atoms in total. The molecule has 0 amide bonds. The highest BCUT2D eigenvalue weighted by molar-refractivity contribution is 5.60. The van der Waals surface area contributed by atoms with Crippen molar-refractivity contribution >= 4 is 5.69 Å². The molecular weight excluding hydrogens is 351 g/mol. The predicted molar refractivity (Wildman–Crippen MR) is 107 cm³/mol. The number of nitrogens with zero attached hydrogens (tertiary/aromatic N) is 4. The Balaban J connectivity index is 1.37. The van der Waals surface area contributed by atoms with E-state index in [0.29, 0.717) is 0 Å². The lowest BCUT2D eigenvalue weighted by Gasteiger charge is -2.26. The zero-order chi connectivity index (χ0) is 19.0. The maximum absolute atomic E-state index is 13.2. The molecule has 0 bridgehead atoms. The summed E-state index contributed by atoms with van der Waals surface area (Å²) in [4.78, 5) is 14.2. The van der Waals surface area contributed by atoms with Crippen molar-refractivity contribution in [3.8, 4) is 0 Å². The summed E-state index contributed by atoms with van der Waals surface area (Å²) in [5, 5.41) is 0. The van der Waals surface area contributed by atoms with E-state index in [-0.39, 0.29) is 11.2 Å². The second-order valence-corrected chi connectivity index (χ2v) is 7.92. The van der Waals surface area contributed by atoms with E-state index in [0.717, 1.165) is 50.4 Å². The van der Waals surface area contributed by atoms with Gasteiger partial charge in [-0.1, -0.05) is 18.2 Å². The molecule has 0 radical (unpaired) electrons. The van der Waals surface area contributed by atoms with Crippen LogP contribution in [0, 0.1) is 5.82 Å². The highest BCUT2D eigenvalue weighted by Gasteiger charge is 2.48. The van der Waals surface area contributed by atoms with Crippen molar-refractivity contribution in [2.45, 2.75) is 24.9 Å². The number of fused-ring (bicyclic) bond motifs is 2. The third-order valence-electron chi connectivity index (χ3n) is 5.95. The highest BCUT2D eigenvalue weighted by atomic mass is 19.1. The van der Waals surface area contributed by atoms with Crippen molar-refractivity contribution in [2.24, 2.45) is 0 Å². The number of hydrogen-bond donors (Lipinski definition) is 0. The number of aromatic nitrogens is 2. The summed E-state index contributed by atoms with van der Waals surface area (Å²) in [5.41, 5.74) is 4.74. The van der Waals surface area contributed by atoms with Gasteiger partial charge in [-0.2, -0.15) is 0 Å². The summed E-state index contributed by atoms with van der Waals surface area (Å²) in [6.07, 6.45) is 4.86. The van der Waals surface area contributed by atoms with Crippen LogP contribution >= 0.6 is 0 Å². The Morgan fingerprint density at radius 1 is 0.893 bits per heavy atom. The molecule has 28 heavy (non-hydrogen) atoms. The van der Waals surface area contributed by atoms with Crippen molar-refractivity contribution < 1.29 is 4.39 Å². The van der Waals surface area contributed by atoms with Crippen LogP contribution in [0.1, 0.15) is 23.4 Å². The minimum atomic E-state index is -0.180. The molecule has 0 aliphatic carbocycles. The second-order valence-electron chi connectivity index (χ2n) is 7.92. The van der Waals surface area contributed by atoms with Gasteiger partial charge >= 0.3 is 0 Å². The Morgan fingerprint density at radius 2 is 1.75 bits per heavy atom. The zero-order valence-electron chi connectivity index (χ0n) is 15.8. The molecule has 4 heterocycles. The fourth-order valence-electron chi connectivity index (χ4n) is 4.68. The molecule has 1 fully saturated rings. The van der Waals surface area contributed by atoms with Crippen LogP contribution in [0.2, 0.25) is 0 Å². The number of pyridine rings is 2. The van der Waals surface area contributed by atoms with Gasteiger partial charge in [-0.25, -0.2) is 4.39 Å². The van der Waals surface area contributed by atoms with Gasteiger partial charge in [0.2, 0.25) is 0 Å². The van der Waals surface area contributed by atoms with Crippen LogP contribution in [0.4, 0.5) is 10.1 Å². The average Bonchev–Trinajstić information content (AvgIpc) is 3.26. The maximum atomic E-state index is 13.2. The maximum Gasteiger partial charge on any atom is 0.123 e. The Bertz CT molecular complexity index is 960. The molecule has 1 spiro atoms.